The van der Waals surface area contributed by atoms with E-state index in [0.717, 1.165) is 19.6 Å². The minimum absolute atomic E-state index is 0.0933. The Morgan fingerprint density at radius 1 is 1.20 bits per heavy atom. The molecule has 2 nitrogen and oxygen atoms in total. The highest BCUT2D eigenvalue weighted by Crippen LogP contribution is 2.25. The molecule has 15 heavy (non-hydrogen) atoms. The summed E-state index contributed by atoms with van der Waals surface area (Å²) < 4.78 is 0. The predicted octanol–water partition coefficient (Wildman–Crippen LogP) is 1.71. The molecule has 1 aromatic carbocycles. The van der Waals surface area contributed by atoms with Crippen LogP contribution in [0.5, 0.6) is 0 Å². The van der Waals surface area contributed by atoms with Crippen LogP contribution < -0.4 is 10.6 Å². The van der Waals surface area contributed by atoms with E-state index in [1.54, 1.807) is 0 Å². The number of benzene rings is 1. The van der Waals surface area contributed by atoms with Crippen molar-refractivity contribution in [2.24, 2.45) is 0 Å². The minimum Gasteiger partial charge on any atom is -0.313 e. The Bertz CT molecular complexity index is 352. The molecule has 1 saturated heterocycles. The van der Waals surface area contributed by atoms with Crippen LogP contribution in [0, 0.1) is 13.8 Å². The van der Waals surface area contributed by atoms with Gasteiger partial charge in [0, 0.05) is 19.6 Å². The molecule has 0 aliphatic carbocycles. The van der Waals surface area contributed by atoms with Crippen molar-refractivity contribution >= 4 is 0 Å². The summed E-state index contributed by atoms with van der Waals surface area (Å²) in [6.07, 6.45) is 0. The van der Waals surface area contributed by atoms with Gasteiger partial charge >= 0.3 is 0 Å². The fourth-order valence-corrected chi connectivity index (χ4v) is 2.45. The first-order chi connectivity index (χ1) is 7.12. The van der Waals surface area contributed by atoms with Crippen molar-refractivity contribution in [3.8, 4) is 0 Å². The summed E-state index contributed by atoms with van der Waals surface area (Å²) >= 11 is 0. The molecule has 1 fully saturated rings. The normalized spacial score (nSPS) is 26.6. The van der Waals surface area contributed by atoms with Crippen molar-refractivity contribution in [2.45, 2.75) is 26.3 Å². The molecular formula is C13H20N2. The topological polar surface area (TPSA) is 24.1 Å². The highest BCUT2D eigenvalue weighted by molar-refractivity contribution is 5.36. The number of hydrogen-bond donors (Lipinski definition) is 2. The van der Waals surface area contributed by atoms with Crippen LogP contribution >= 0.6 is 0 Å². The molecule has 1 unspecified atom stereocenters. The maximum atomic E-state index is 3.61. The third-order valence-corrected chi connectivity index (χ3v) is 3.27. The van der Waals surface area contributed by atoms with Gasteiger partial charge in [-0.05, 0) is 31.9 Å². The average molecular weight is 204 g/mol. The maximum Gasteiger partial charge on any atom is 0.0535 e. The third-order valence-electron chi connectivity index (χ3n) is 3.27. The van der Waals surface area contributed by atoms with Gasteiger partial charge in [-0.3, -0.25) is 0 Å². The second kappa shape index (κ2) is 3.95. The molecule has 0 saturated carbocycles. The van der Waals surface area contributed by atoms with E-state index in [1.165, 1.54) is 16.7 Å². The molecule has 1 atom stereocenters. The lowest BCUT2D eigenvalue weighted by atomic mass is 9.86. The van der Waals surface area contributed by atoms with Crippen LogP contribution in [0.3, 0.4) is 0 Å². The molecule has 1 aliphatic rings. The van der Waals surface area contributed by atoms with Crippen LogP contribution in [-0.2, 0) is 5.54 Å². The zero-order valence-electron chi connectivity index (χ0n) is 9.85. The Morgan fingerprint density at radius 2 is 2.00 bits per heavy atom. The molecule has 1 heterocycles. The van der Waals surface area contributed by atoms with E-state index in [9.17, 15) is 0 Å². The molecule has 2 rings (SSSR count). The smallest absolute Gasteiger partial charge is 0.0535 e. The minimum atomic E-state index is 0.0933. The first-order valence-electron chi connectivity index (χ1n) is 5.65. The summed E-state index contributed by atoms with van der Waals surface area (Å²) in [5.74, 6) is 0. The van der Waals surface area contributed by atoms with E-state index in [0.29, 0.717) is 0 Å². The molecule has 1 aliphatic heterocycles. The van der Waals surface area contributed by atoms with Crippen molar-refractivity contribution in [3.63, 3.8) is 0 Å². The SMILES string of the molecule is Cc1ccc(C2(C)CNCCN2)c(C)c1. The summed E-state index contributed by atoms with van der Waals surface area (Å²) in [7, 11) is 0. The van der Waals surface area contributed by atoms with Crippen LogP contribution in [0.2, 0.25) is 0 Å². The van der Waals surface area contributed by atoms with Gasteiger partial charge in [-0.15, -0.1) is 0 Å². The monoisotopic (exact) mass is 204 g/mol. The lowest BCUT2D eigenvalue weighted by Gasteiger charge is -2.37. The molecule has 2 N–H and O–H groups in total. The average Bonchev–Trinajstić information content (AvgIpc) is 2.18. The van der Waals surface area contributed by atoms with Gasteiger partial charge < -0.3 is 10.6 Å². The van der Waals surface area contributed by atoms with Crippen LogP contribution in [-0.4, -0.2) is 19.6 Å². The van der Waals surface area contributed by atoms with E-state index >= 15 is 0 Å². The Labute approximate surface area is 92.1 Å². The lowest BCUT2D eigenvalue weighted by molar-refractivity contribution is 0.302. The molecule has 0 radical (unpaired) electrons. The Morgan fingerprint density at radius 3 is 2.60 bits per heavy atom. The largest absolute Gasteiger partial charge is 0.313 e. The first kappa shape index (κ1) is 10.7. The highest BCUT2D eigenvalue weighted by atomic mass is 15.1. The van der Waals surface area contributed by atoms with Crippen molar-refractivity contribution in [1.29, 1.82) is 0 Å². The van der Waals surface area contributed by atoms with Gasteiger partial charge in [-0.25, -0.2) is 0 Å². The number of piperazine rings is 1. The molecule has 1 aromatic rings. The van der Waals surface area contributed by atoms with Gasteiger partial charge in [0.05, 0.1) is 5.54 Å². The van der Waals surface area contributed by atoms with E-state index in [2.05, 4.69) is 49.6 Å². The van der Waals surface area contributed by atoms with Crippen molar-refractivity contribution < 1.29 is 0 Å². The van der Waals surface area contributed by atoms with Crippen molar-refractivity contribution in [2.75, 3.05) is 19.6 Å². The van der Waals surface area contributed by atoms with Crippen LogP contribution in [0.1, 0.15) is 23.6 Å². The highest BCUT2D eigenvalue weighted by Gasteiger charge is 2.29. The second-order valence-electron chi connectivity index (χ2n) is 4.75. The second-order valence-corrected chi connectivity index (χ2v) is 4.75. The summed E-state index contributed by atoms with van der Waals surface area (Å²) in [6, 6.07) is 6.71. The zero-order valence-corrected chi connectivity index (χ0v) is 9.85. The fourth-order valence-electron chi connectivity index (χ4n) is 2.45. The predicted molar refractivity (Wildman–Crippen MR) is 64.1 cm³/mol. The summed E-state index contributed by atoms with van der Waals surface area (Å²) in [4.78, 5) is 0. The van der Waals surface area contributed by atoms with Crippen molar-refractivity contribution in [1.82, 2.24) is 10.6 Å². The maximum absolute atomic E-state index is 3.61. The molecule has 0 bridgehead atoms. The van der Waals surface area contributed by atoms with Gasteiger partial charge in [0.15, 0.2) is 0 Å². The Balaban J connectivity index is 2.35. The van der Waals surface area contributed by atoms with Crippen LogP contribution in [0.25, 0.3) is 0 Å². The number of nitrogens with one attached hydrogen (secondary N) is 2. The van der Waals surface area contributed by atoms with Gasteiger partial charge in [0.2, 0.25) is 0 Å². The van der Waals surface area contributed by atoms with Crippen molar-refractivity contribution in [3.05, 3.63) is 34.9 Å². The summed E-state index contributed by atoms with van der Waals surface area (Å²) in [5.41, 5.74) is 4.23. The van der Waals surface area contributed by atoms with Gasteiger partial charge in [-0.1, -0.05) is 23.8 Å². The molecule has 0 spiro atoms. The Hall–Kier alpha value is -0.860. The van der Waals surface area contributed by atoms with Gasteiger partial charge in [0.25, 0.3) is 0 Å². The van der Waals surface area contributed by atoms with E-state index < -0.39 is 0 Å². The molecule has 82 valence electrons. The number of hydrogen-bond acceptors (Lipinski definition) is 2. The molecular weight excluding hydrogens is 184 g/mol. The molecule has 0 aromatic heterocycles. The van der Waals surface area contributed by atoms with E-state index in [4.69, 9.17) is 0 Å². The zero-order chi connectivity index (χ0) is 10.9. The first-order valence-corrected chi connectivity index (χ1v) is 5.65. The van der Waals surface area contributed by atoms with Gasteiger partial charge in [0.1, 0.15) is 0 Å². The quantitative estimate of drug-likeness (QED) is 0.727. The molecule has 2 heteroatoms. The summed E-state index contributed by atoms with van der Waals surface area (Å²) in [6.45, 7) is 9.74. The number of aryl methyl sites for hydroxylation is 2. The standard InChI is InChI=1S/C13H20N2/c1-10-4-5-12(11(2)8-10)13(3)9-14-6-7-15-13/h4-5,8,14-15H,6-7,9H2,1-3H3. The van der Waals surface area contributed by atoms with E-state index in [1.807, 2.05) is 0 Å². The van der Waals surface area contributed by atoms with Gasteiger partial charge in [-0.2, -0.15) is 0 Å². The fraction of sp³-hybridized carbons (Fsp3) is 0.538. The van der Waals surface area contributed by atoms with E-state index in [-0.39, 0.29) is 5.54 Å². The third kappa shape index (κ3) is 2.06. The Kier molecular flexibility index (Phi) is 2.81. The lowest BCUT2D eigenvalue weighted by Crippen LogP contribution is -2.55. The molecule has 0 amide bonds. The van der Waals surface area contributed by atoms with Crippen LogP contribution in [0.15, 0.2) is 18.2 Å². The summed E-state index contributed by atoms with van der Waals surface area (Å²) in [5, 5.41) is 7.06. The number of rotatable bonds is 1. The van der Waals surface area contributed by atoms with Crippen LogP contribution in [0.4, 0.5) is 0 Å².